The molecule has 0 spiro atoms. The number of para-hydroxylation sites is 1. The summed E-state index contributed by atoms with van der Waals surface area (Å²) < 4.78 is 45.1. The molecule has 0 aliphatic rings. The zero-order valence-electron chi connectivity index (χ0n) is 7.86. The molecule has 2 rings (SSSR count). The molecule has 0 amide bonds. The fourth-order valence-corrected chi connectivity index (χ4v) is 1.23. The number of rotatable bonds is 2. The lowest BCUT2D eigenvalue weighted by molar-refractivity contribution is -0.274. The fourth-order valence-electron chi connectivity index (χ4n) is 1.23. The van der Waals surface area contributed by atoms with E-state index in [4.69, 9.17) is 4.42 Å². The molecule has 0 fully saturated rings. The van der Waals surface area contributed by atoms with Crippen molar-refractivity contribution in [1.29, 1.82) is 0 Å². The van der Waals surface area contributed by atoms with Gasteiger partial charge in [0.2, 0.25) is 0 Å². The van der Waals surface area contributed by atoms with Gasteiger partial charge in [0.25, 0.3) is 0 Å². The molecular weight excluding hydrogens is 223 g/mol. The van der Waals surface area contributed by atoms with Gasteiger partial charge in [-0.05, 0) is 12.1 Å². The van der Waals surface area contributed by atoms with Gasteiger partial charge in [-0.2, -0.15) is 0 Å². The first-order valence-electron chi connectivity index (χ1n) is 4.30. The molecular formula is C10H6F3NO2. The van der Waals surface area contributed by atoms with Gasteiger partial charge in [-0.15, -0.1) is 13.2 Å². The van der Waals surface area contributed by atoms with Crippen LogP contribution in [0.1, 0.15) is 0 Å². The second-order valence-corrected chi connectivity index (χ2v) is 2.91. The Balaban J connectivity index is 2.39. The summed E-state index contributed by atoms with van der Waals surface area (Å²) in [5, 5.41) is 0. The van der Waals surface area contributed by atoms with Crippen molar-refractivity contribution in [2.45, 2.75) is 6.36 Å². The van der Waals surface area contributed by atoms with Crippen molar-refractivity contribution >= 4 is 0 Å². The van der Waals surface area contributed by atoms with Crippen LogP contribution in [0.3, 0.4) is 0 Å². The Labute approximate surface area is 88.5 Å². The van der Waals surface area contributed by atoms with Crippen LogP contribution >= 0.6 is 0 Å². The molecule has 0 saturated heterocycles. The van der Waals surface area contributed by atoms with Crippen LogP contribution in [0.4, 0.5) is 13.2 Å². The Morgan fingerprint density at radius 1 is 1.19 bits per heavy atom. The Bertz CT molecular complexity index is 465. The van der Waals surface area contributed by atoms with Crippen molar-refractivity contribution in [2.75, 3.05) is 0 Å². The minimum absolute atomic E-state index is 0.206. The smallest absolute Gasteiger partial charge is 0.443 e. The monoisotopic (exact) mass is 229 g/mol. The van der Waals surface area contributed by atoms with E-state index in [0.717, 1.165) is 6.39 Å². The van der Waals surface area contributed by atoms with Gasteiger partial charge in [0.1, 0.15) is 5.75 Å². The summed E-state index contributed by atoms with van der Waals surface area (Å²) in [6, 6.07) is 5.70. The highest BCUT2D eigenvalue weighted by Gasteiger charge is 2.32. The summed E-state index contributed by atoms with van der Waals surface area (Å²) in [7, 11) is 0. The van der Waals surface area contributed by atoms with E-state index in [9.17, 15) is 13.2 Å². The van der Waals surface area contributed by atoms with Crippen LogP contribution in [0.5, 0.6) is 5.75 Å². The van der Waals surface area contributed by atoms with Crippen molar-refractivity contribution in [2.24, 2.45) is 0 Å². The fraction of sp³-hybridized carbons (Fsp3) is 0.100. The molecule has 3 nitrogen and oxygen atoms in total. The van der Waals surface area contributed by atoms with Crippen LogP contribution < -0.4 is 4.74 Å². The third-order valence-electron chi connectivity index (χ3n) is 1.81. The SMILES string of the molecule is FC(F)(F)Oc1ccccc1-c1cnco1. The lowest BCUT2D eigenvalue weighted by Gasteiger charge is -2.11. The highest BCUT2D eigenvalue weighted by Crippen LogP contribution is 2.33. The van der Waals surface area contributed by atoms with Gasteiger partial charge in [-0.3, -0.25) is 0 Å². The quantitative estimate of drug-likeness (QED) is 0.792. The molecule has 1 heterocycles. The third-order valence-corrected chi connectivity index (χ3v) is 1.81. The molecule has 0 aliphatic carbocycles. The summed E-state index contributed by atoms with van der Waals surface area (Å²) in [5.41, 5.74) is 0.206. The predicted octanol–water partition coefficient (Wildman–Crippen LogP) is 3.24. The van der Waals surface area contributed by atoms with E-state index in [1.165, 1.54) is 24.4 Å². The number of oxazole rings is 1. The number of aromatic nitrogens is 1. The first-order valence-corrected chi connectivity index (χ1v) is 4.30. The molecule has 0 saturated carbocycles. The molecule has 2 aromatic rings. The van der Waals surface area contributed by atoms with E-state index in [2.05, 4.69) is 9.72 Å². The van der Waals surface area contributed by atoms with Gasteiger partial charge < -0.3 is 9.15 Å². The van der Waals surface area contributed by atoms with E-state index in [0.29, 0.717) is 0 Å². The minimum atomic E-state index is -4.73. The van der Waals surface area contributed by atoms with Crippen molar-refractivity contribution in [1.82, 2.24) is 4.98 Å². The van der Waals surface area contributed by atoms with E-state index in [-0.39, 0.29) is 17.1 Å². The van der Waals surface area contributed by atoms with Gasteiger partial charge in [-0.25, -0.2) is 4.98 Å². The van der Waals surface area contributed by atoms with Crippen LogP contribution in [-0.2, 0) is 0 Å². The molecule has 0 bridgehead atoms. The summed E-state index contributed by atoms with van der Waals surface area (Å²) >= 11 is 0. The van der Waals surface area contributed by atoms with E-state index in [1.54, 1.807) is 6.07 Å². The van der Waals surface area contributed by atoms with Crippen molar-refractivity contribution < 1.29 is 22.3 Å². The minimum Gasteiger partial charge on any atom is -0.443 e. The molecule has 0 atom stereocenters. The van der Waals surface area contributed by atoms with E-state index in [1.807, 2.05) is 0 Å². The maximum atomic E-state index is 12.1. The maximum absolute atomic E-state index is 12.1. The van der Waals surface area contributed by atoms with Crippen molar-refractivity contribution in [3.63, 3.8) is 0 Å². The van der Waals surface area contributed by atoms with Crippen LogP contribution in [0, 0.1) is 0 Å². The van der Waals surface area contributed by atoms with Crippen LogP contribution in [0.2, 0.25) is 0 Å². The Morgan fingerprint density at radius 3 is 2.56 bits per heavy atom. The highest BCUT2D eigenvalue weighted by molar-refractivity contribution is 5.64. The largest absolute Gasteiger partial charge is 0.573 e. The second kappa shape index (κ2) is 3.88. The number of hydrogen-bond donors (Lipinski definition) is 0. The maximum Gasteiger partial charge on any atom is 0.573 e. The van der Waals surface area contributed by atoms with Crippen molar-refractivity contribution in [3.8, 4) is 17.1 Å². The van der Waals surface area contributed by atoms with Gasteiger partial charge in [0.05, 0.1) is 11.8 Å². The Hall–Kier alpha value is -1.98. The zero-order chi connectivity index (χ0) is 11.6. The third kappa shape index (κ3) is 2.33. The molecule has 0 unspecified atom stereocenters. The predicted molar refractivity (Wildman–Crippen MR) is 48.6 cm³/mol. The standard InChI is InChI=1S/C10H6F3NO2/c11-10(12,13)16-8-4-2-1-3-7(8)9-5-14-6-15-9/h1-6H. The second-order valence-electron chi connectivity index (χ2n) is 2.91. The number of ether oxygens (including phenoxy) is 1. The van der Waals surface area contributed by atoms with Gasteiger partial charge in [0, 0.05) is 0 Å². The molecule has 6 heteroatoms. The first-order chi connectivity index (χ1) is 7.56. The molecule has 0 N–H and O–H groups in total. The van der Waals surface area contributed by atoms with Crippen LogP contribution in [0.15, 0.2) is 41.3 Å². The lowest BCUT2D eigenvalue weighted by Crippen LogP contribution is -2.17. The van der Waals surface area contributed by atoms with E-state index >= 15 is 0 Å². The molecule has 0 aliphatic heterocycles. The van der Waals surface area contributed by atoms with Crippen LogP contribution in [-0.4, -0.2) is 11.3 Å². The molecule has 1 aromatic heterocycles. The number of hydrogen-bond acceptors (Lipinski definition) is 3. The Morgan fingerprint density at radius 2 is 1.94 bits per heavy atom. The highest BCUT2D eigenvalue weighted by atomic mass is 19.4. The Kier molecular flexibility index (Phi) is 2.55. The number of benzene rings is 1. The number of alkyl halides is 3. The number of nitrogens with zero attached hydrogens (tertiary/aromatic N) is 1. The average molecular weight is 229 g/mol. The molecule has 16 heavy (non-hydrogen) atoms. The molecule has 1 aromatic carbocycles. The van der Waals surface area contributed by atoms with Crippen LogP contribution in [0.25, 0.3) is 11.3 Å². The first kappa shape index (κ1) is 10.5. The summed E-state index contributed by atoms with van der Waals surface area (Å²) in [6.07, 6.45) is -2.27. The van der Waals surface area contributed by atoms with E-state index < -0.39 is 6.36 Å². The lowest BCUT2D eigenvalue weighted by atomic mass is 10.1. The summed E-state index contributed by atoms with van der Waals surface area (Å²) in [5.74, 6) is -0.0911. The average Bonchev–Trinajstić information content (AvgIpc) is 2.69. The number of halogens is 3. The summed E-state index contributed by atoms with van der Waals surface area (Å²) in [6.45, 7) is 0. The van der Waals surface area contributed by atoms with Crippen molar-refractivity contribution in [3.05, 3.63) is 36.9 Å². The summed E-state index contributed by atoms with van der Waals surface area (Å²) in [4.78, 5) is 3.63. The topological polar surface area (TPSA) is 35.3 Å². The molecule has 84 valence electrons. The zero-order valence-corrected chi connectivity index (χ0v) is 7.86. The van der Waals surface area contributed by atoms with Gasteiger partial charge in [-0.1, -0.05) is 12.1 Å². The normalized spacial score (nSPS) is 11.4. The van der Waals surface area contributed by atoms with Gasteiger partial charge >= 0.3 is 6.36 Å². The van der Waals surface area contributed by atoms with Gasteiger partial charge in [0.15, 0.2) is 12.2 Å². The molecule has 0 radical (unpaired) electrons.